The number of nitrogens with zero attached hydrogens (tertiary/aromatic N) is 3. The van der Waals surface area contributed by atoms with Gasteiger partial charge in [0.25, 0.3) is 0 Å². The molecule has 0 fully saturated rings. The fourth-order valence-electron chi connectivity index (χ4n) is 5.34. The van der Waals surface area contributed by atoms with Crippen molar-refractivity contribution >= 4 is 35.3 Å². The van der Waals surface area contributed by atoms with Crippen LogP contribution < -0.4 is 5.19 Å². The maximum atomic E-state index is 8.75. The van der Waals surface area contributed by atoms with E-state index in [2.05, 4.69) is 46.7 Å². The van der Waals surface area contributed by atoms with Gasteiger partial charge >= 0.3 is 0 Å². The Morgan fingerprint density at radius 1 is 0.896 bits per heavy atom. The zero-order chi connectivity index (χ0) is 38.4. The van der Waals surface area contributed by atoms with Crippen molar-refractivity contribution in [3.8, 4) is 22.5 Å². The smallest absolute Gasteiger partial charge is 0.216 e. The molecule has 2 aromatic carbocycles. The number of hydrogen-bond acceptors (Lipinski definition) is 4. The van der Waals surface area contributed by atoms with Crippen LogP contribution >= 0.6 is 0 Å². The summed E-state index contributed by atoms with van der Waals surface area (Å²) in [5.41, 5.74) is 5.58. The van der Waals surface area contributed by atoms with Crippen molar-refractivity contribution in [3.63, 3.8) is 0 Å². The predicted octanol–water partition coefficient (Wildman–Crippen LogP) is 10.8. The van der Waals surface area contributed by atoms with E-state index < -0.39 is 32.1 Å². The Morgan fingerprint density at radius 3 is 2.31 bits per heavy atom. The quantitative estimate of drug-likeness (QED) is 0.119. The normalized spacial score (nSPS) is 14.3. The van der Waals surface area contributed by atoms with E-state index in [1.807, 2.05) is 95.4 Å². The molecule has 4 aromatic heterocycles. The van der Waals surface area contributed by atoms with Crippen LogP contribution in [0.25, 0.3) is 44.6 Å². The summed E-state index contributed by atoms with van der Waals surface area (Å²) in [6, 6.07) is 27.1. The minimum Gasteiger partial charge on any atom is -0.486 e. The van der Waals surface area contributed by atoms with Gasteiger partial charge in [0.05, 0.1) is 13.7 Å². The molecule has 0 unspecified atom stereocenters. The van der Waals surface area contributed by atoms with E-state index in [0.29, 0.717) is 33.8 Å². The van der Waals surface area contributed by atoms with Crippen molar-refractivity contribution in [2.75, 3.05) is 0 Å². The van der Waals surface area contributed by atoms with E-state index in [0.717, 1.165) is 32.8 Å². The van der Waals surface area contributed by atoms with Crippen LogP contribution in [-0.2, 0) is 32.9 Å². The van der Waals surface area contributed by atoms with Crippen LogP contribution in [0.3, 0.4) is 0 Å². The number of fused-ring (bicyclic) bond motifs is 3. The first kappa shape index (κ1) is 30.6. The largest absolute Gasteiger partial charge is 0.486 e. The van der Waals surface area contributed by atoms with Crippen LogP contribution in [0.2, 0.25) is 19.6 Å². The number of furan rings is 1. The molecule has 0 bridgehead atoms. The summed E-state index contributed by atoms with van der Waals surface area (Å²) in [6.45, 7) is 19.9. The first-order chi connectivity index (χ1) is 24.0. The Bertz CT molecular complexity index is 2200. The van der Waals surface area contributed by atoms with Crippen molar-refractivity contribution in [3.05, 3.63) is 108 Å². The number of hydrogen-bond donors (Lipinski definition) is 0. The summed E-state index contributed by atoms with van der Waals surface area (Å²) in [5, 5.41) is 2.86. The van der Waals surface area contributed by atoms with Crippen LogP contribution in [0.5, 0.6) is 0 Å². The summed E-state index contributed by atoms with van der Waals surface area (Å²) in [6.07, 6.45) is 0.630. The molecule has 0 amide bonds. The van der Waals surface area contributed by atoms with Gasteiger partial charge in [-0.25, -0.2) is 4.98 Å². The SMILES string of the molecule is [2H]C(C)(C)c1ccc2c(n1)oc1c(-c3cc(C([2H])([2H])C(C)C)ccn3)[c-]ccc12.[2H]C([2H])(c1cc(-c2[c-]cccc2)ncc1[Si](C)(C)C)C(C)(C)C.[Ir]. The number of benzene rings is 2. The molecule has 0 saturated carbocycles. The van der Waals surface area contributed by atoms with Gasteiger partial charge in [-0.1, -0.05) is 102 Å². The fourth-order valence-corrected chi connectivity index (χ4v) is 6.74. The third-order valence-electron chi connectivity index (χ3n) is 7.49. The molecule has 0 atom stereocenters. The fraction of sp³-hybridized carbons (Fsp3) is 0.357. The van der Waals surface area contributed by atoms with Crippen molar-refractivity contribution in [2.24, 2.45) is 11.3 Å². The number of rotatable bonds is 7. The van der Waals surface area contributed by atoms with Gasteiger partial charge in [-0.3, -0.25) is 0 Å². The second-order valence-corrected chi connectivity index (χ2v) is 19.5. The molecule has 4 nitrogen and oxygen atoms in total. The Balaban J connectivity index is 0.000000239. The molecular weight excluding hydrogens is 783 g/mol. The molecule has 6 aromatic rings. The van der Waals surface area contributed by atoms with E-state index in [4.69, 9.17) is 11.3 Å². The van der Waals surface area contributed by atoms with Gasteiger partial charge in [0, 0.05) is 50.4 Å². The summed E-state index contributed by atoms with van der Waals surface area (Å²) in [7, 11) is -1.70. The van der Waals surface area contributed by atoms with Gasteiger partial charge < -0.3 is 14.4 Å². The molecule has 0 N–H and O–H groups in total. The van der Waals surface area contributed by atoms with E-state index in [1.165, 1.54) is 0 Å². The Labute approximate surface area is 309 Å². The van der Waals surface area contributed by atoms with Crippen molar-refractivity contribution in [2.45, 2.75) is 86.7 Å². The average Bonchev–Trinajstić information content (AvgIpc) is 3.46. The molecule has 6 heteroatoms. The maximum Gasteiger partial charge on any atom is 0.216 e. The minimum absolute atomic E-state index is 0. The first-order valence-corrected chi connectivity index (χ1v) is 19.7. The summed E-state index contributed by atoms with van der Waals surface area (Å²) < 4.78 is 48.6. The number of aromatic nitrogens is 3. The van der Waals surface area contributed by atoms with Crippen LogP contribution in [-0.4, -0.2) is 23.0 Å². The summed E-state index contributed by atoms with van der Waals surface area (Å²) >= 11 is 0. The molecule has 1 radical (unpaired) electrons. The zero-order valence-corrected chi connectivity index (χ0v) is 33.1. The molecule has 48 heavy (non-hydrogen) atoms. The van der Waals surface area contributed by atoms with E-state index in [9.17, 15) is 0 Å². The van der Waals surface area contributed by atoms with E-state index >= 15 is 0 Å². The van der Waals surface area contributed by atoms with Gasteiger partial charge in [0.2, 0.25) is 5.71 Å². The Morgan fingerprint density at radius 2 is 1.67 bits per heavy atom. The maximum absolute atomic E-state index is 8.75. The first-order valence-electron chi connectivity index (χ1n) is 18.7. The topological polar surface area (TPSA) is 51.8 Å². The molecule has 0 spiro atoms. The van der Waals surface area contributed by atoms with Crippen LogP contribution in [0, 0.1) is 23.5 Å². The molecule has 0 saturated heterocycles. The Hall–Kier alpha value is -3.44. The standard InChI is InChI=1S/C23H23N2O.C19H26NSi.Ir/c1-14(2)12-16-10-11-24-21(13-16)19-7-5-6-17-18-8-9-20(15(3)4)25-23(18)26-22(17)19;1-19(2,3)13-16-12-17(15-10-8-7-9-11-15)20-14-18(16)21(4,5)6;/h5-6,8-11,13-15H,12H2,1-4H3;7-10,12,14H,13H2,1-6H3;/q2*-1;/i12D2,15D;13D2;. The molecule has 0 aliphatic carbocycles. The van der Waals surface area contributed by atoms with Gasteiger partial charge in [-0.05, 0) is 64.7 Å². The Kier molecular flexibility index (Phi) is 9.82. The van der Waals surface area contributed by atoms with Crippen molar-refractivity contribution in [1.29, 1.82) is 0 Å². The molecule has 0 aliphatic heterocycles. The number of pyridine rings is 3. The second-order valence-electron chi connectivity index (χ2n) is 14.5. The van der Waals surface area contributed by atoms with Crippen LogP contribution in [0.15, 0.2) is 83.5 Å². The van der Waals surface area contributed by atoms with E-state index in [-0.39, 0.29) is 26.0 Å². The van der Waals surface area contributed by atoms with Crippen LogP contribution in [0.4, 0.5) is 0 Å². The van der Waals surface area contributed by atoms with Crippen molar-refractivity contribution < 1.29 is 31.4 Å². The van der Waals surface area contributed by atoms with Gasteiger partial charge in [-0.2, -0.15) is 0 Å². The zero-order valence-electron chi connectivity index (χ0n) is 34.7. The molecule has 6 rings (SSSR count). The molecule has 4 heterocycles. The molecular formula is C42H49IrN3OSi-2. The summed E-state index contributed by atoms with van der Waals surface area (Å²) in [4.78, 5) is 13.6. The summed E-state index contributed by atoms with van der Waals surface area (Å²) in [5.74, 6) is -0.986. The van der Waals surface area contributed by atoms with Gasteiger partial charge in [0.15, 0.2) is 0 Å². The van der Waals surface area contributed by atoms with Gasteiger partial charge in [-0.15, -0.1) is 54.1 Å². The average molecular weight is 837 g/mol. The van der Waals surface area contributed by atoms with E-state index in [1.54, 1.807) is 32.2 Å². The monoisotopic (exact) mass is 837 g/mol. The molecule has 0 aliphatic rings. The third-order valence-corrected chi connectivity index (χ3v) is 9.50. The molecule has 253 valence electrons. The minimum atomic E-state index is -1.70. The van der Waals surface area contributed by atoms with Crippen LogP contribution in [0.1, 0.15) is 78.0 Å². The van der Waals surface area contributed by atoms with Gasteiger partial charge in [0.1, 0.15) is 0 Å². The van der Waals surface area contributed by atoms with Crippen molar-refractivity contribution in [1.82, 2.24) is 15.0 Å². The predicted molar refractivity (Wildman–Crippen MR) is 201 cm³/mol. The third kappa shape index (κ3) is 9.16. The second kappa shape index (κ2) is 15.4.